The molecule has 8 nitrogen and oxygen atoms in total. The molecule has 3 aromatic carbocycles. The molecule has 1 atom stereocenters. The number of nitrogens with one attached hydrogen (secondary N) is 1. The first kappa shape index (κ1) is 25.8. The third kappa shape index (κ3) is 5.27. The van der Waals surface area contributed by atoms with Crippen molar-refractivity contribution in [3.05, 3.63) is 102 Å². The number of rotatable bonds is 7. The van der Waals surface area contributed by atoms with E-state index in [-0.39, 0.29) is 17.7 Å². The normalized spacial score (nSPS) is 13.2. The fourth-order valence-electron chi connectivity index (χ4n) is 4.82. The first-order valence-electron chi connectivity index (χ1n) is 12.6. The molecule has 2 amide bonds. The molecule has 2 heterocycles. The van der Waals surface area contributed by atoms with Gasteiger partial charge in [0.1, 0.15) is 12.4 Å². The van der Waals surface area contributed by atoms with E-state index in [2.05, 4.69) is 15.3 Å². The quantitative estimate of drug-likeness (QED) is 0.336. The standard InChI is InChI=1S/C31H28N4O4/c1-19(2)28(31(38)39-3)35-17-24-9-8-23(14-27(24)30(35)37)20-10-12-26(13-11-20)34-29(36)22-6-4-21(5-7-22)25-15-32-18-33-16-25/h4-16,18-19,28H,17H2,1-3H3,(H,34,36)/t28-/m0/s1. The van der Waals surface area contributed by atoms with Gasteiger partial charge in [0.05, 0.1) is 7.11 Å². The number of fused-ring (bicyclic) bond motifs is 1. The van der Waals surface area contributed by atoms with Crippen LogP contribution in [0.25, 0.3) is 22.3 Å². The molecule has 0 bridgehead atoms. The minimum atomic E-state index is -0.634. The van der Waals surface area contributed by atoms with E-state index in [4.69, 9.17) is 4.74 Å². The first-order chi connectivity index (χ1) is 18.9. The Morgan fingerprint density at radius 3 is 2.13 bits per heavy atom. The summed E-state index contributed by atoms with van der Waals surface area (Å²) in [4.78, 5) is 48.0. The van der Waals surface area contributed by atoms with Crippen molar-refractivity contribution in [2.45, 2.75) is 26.4 Å². The average molecular weight is 521 g/mol. The fourth-order valence-corrected chi connectivity index (χ4v) is 4.82. The zero-order valence-electron chi connectivity index (χ0n) is 21.9. The van der Waals surface area contributed by atoms with Crippen LogP contribution in [0.1, 0.15) is 40.1 Å². The summed E-state index contributed by atoms with van der Waals surface area (Å²) in [6, 6.07) is 19.8. The highest BCUT2D eigenvalue weighted by Gasteiger charge is 2.38. The number of carbonyl (C=O) groups excluding carboxylic acids is 3. The van der Waals surface area contributed by atoms with Gasteiger partial charge in [-0.05, 0) is 58.5 Å². The number of nitrogens with zero attached hydrogens (tertiary/aromatic N) is 3. The Balaban J connectivity index is 1.28. The molecule has 196 valence electrons. The van der Waals surface area contributed by atoms with Gasteiger partial charge in [-0.15, -0.1) is 0 Å². The maximum absolute atomic E-state index is 13.2. The number of hydrogen-bond acceptors (Lipinski definition) is 6. The van der Waals surface area contributed by atoms with Crippen LogP contribution in [0.3, 0.4) is 0 Å². The molecule has 0 saturated carbocycles. The third-order valence-electron chi connectivity index (χ3n) is 6.87. The predicted molar refractivity (Wildman–Crippen MR) is 148 cm³/mol. The van der Waals surface area contributed by atoms with Crippen LogP contribution in [-0.4, -0.2) is 45.8 Å². The van der Waals surface area contributed by atoms with Gasteiger partial charge in [-0.2, -0.15) is 0 Å². The molecule has 1 aromatic heterocycles. The van der Waals surface area contributed by atoms with Crippen molar-refractivity contribution in [2.75, 3.05) is 12.4 Å². The van der Waals surface area contributed by atoms with Gasteiger partial charge in [-0.25, -0.2) is 14.8 Å². The van der Waals surface area contributed by atoms with Crippen molar-refractivity contribution in [2.24, 2.45) is 5.92 Å². The van der Waals surface area contributed by atoms with Crippen LogP contribution in [0, 0.1) is 5.92 Å². The highest BCUT2D eigenvalue weighted by molar-refractivity contribution is 6.05. The van der Waals surface area contributed by atoms with Gasteiger partial charge in [-0.3, -0.25) is 9.59 Å². The lowest BCUT2D eigenvalue weighted by Crippen LogP contribution is -2.45. The zero-order valence-corrected chi connectivity index (χ0v) is 21.9. The summed E-state index contributed by atoms with van der Waals surface area (Å²) in [5.74, 6) is -0.877. The maximum atomic E-state index is 13.2. The number of amides is 2. The summed E-state index contributed by atoms with van der Waals surface area (Å²) in [5, 5.41) is 2.92. The molecule has 0 unspecified atom stereocenters. The summed E-state index contributed by atoms with van der Waals surface area (Å²) < 4.78 is 4.95. The van der Waals surface area contributed by atoms with Gasteiger partial charge in [0.2, 0.25) is 0 Å². The van der Waals surface area contributed by atoms with E-state index in [1.165, 1.54) is 13.4 Å². The number of ether oxygens (including phenoxy) is 1. The van der Waals surface area contributed by atoms with E-state index in [0.717, 1.165) is 27.8 Å². The molecule has 0 radical (unpaired) electrons. The van der Waals surface area contributed by atoms with Gasteiger partial charge < -0.3 is 15.0 Å². The number of aromatic nitrogens is 2. The van der Waals surface area contributed by atoms with E-state index >= 15 is 0 Å². The summed E-state index contributed by atoms with van der Waals surface area (Å²) in [5.41, 5.74) is 6.25. The Labute approximate surface area is 226 Å². The second-order valence-corrected chi connectivity index (χ2v) is 9.75. The molecule has 4 aromatic rings. The third-order valence-corrected chi connectivity index (χ3v) is 6.87. The average Bonchev–Trinajstić information content (AvgIpc) is 3.28. The SMILES string of the molecule is COC(=O)[C@H](C(C)C)N1Cc2ccc(-c3ccc(NC(=O)c4ccc(-c5cncnc5)cc4)cc3)cc2C1=O. The number of benzene rings is 3. The van der Waals surface area contributed by atoms with Crippen molar-refractivity contribution >= 4 is 23.5 Å². The Kier molecular flexibility index (Phi) is 7.19. The van der Waals surface area contributed by atoms with Crippen molar-refractivity contribution in [3.63, 3.8) is 0 Å². The van der Waals surface area contributed by atoms with Crippen molar-refractivity contribution < 1.29 is 19.1 Å². The van der Waals surface area contributed by atoms with Crippen molar-refractivity contribution in [1.82, 2.24) is 14.9 Å². The highest BCUT2D eigenvalue weighted by Crippen LogP contribution is 2.32. The summed E-state index contributed by atoms with van der Waals surface area (Å²) in [7, 11) is 1.34. The second-order valence-electron chi connectivity index (χ2n) is 9.75. The second kappa shape index (κ2) is 10.9. The van der Waals surface area contributed by atoms with Crippen LogP contribution in [0.2, 0.25) is 0 Å². The molecule has 1 aliphatic heterocycles. The molecule has 0 fully saturated rings. The van der Waals surface area contributed by atoms with Gasteiger partial charge in [0.15, 0.2) is 0 Å². The molecule has 39 heavy (non-hydrogen) atoms. The molecule has 8 heteroatoms. The monoisotopic (exact) mass is 520 g/mol. The number of carbonyl (C=O) groups is 3. The minimum Gasteiger partial charge on any atom is -0.467 e. The topological polar surface area (TPSA) is 101 Å². The van der Waals surface area contributed by atoms with E-state index < -0.39 is 12.0 Å². The molecule has 5 rings (SSSR count). The Morgan fingerprint density at radius 1 is 0.872 bits per heavy atom. The van der Waals surface area contributed by atoms with Crippen LogP contribution in [0.15, 0.2) is 85.5 Å². The molecule has 1 aliphatic rings. The number of methoxy groups -OCH3 is 1. The van der Waals surface area contributed by atoms with Crippen LogP contribution < -0.4 is 5.32 Å². The molecule has 0 aliphatic carbocycles. The van der Waals surface area contributed by atoms with E-state index in [1.54, 1.807) is 29.4 Å². The number of hydrogen-bond donors (Lipinski definition) is 1. The Bertz CT molecular complexity index is 1520. The lowest BCUT2D eigenvalue weighted by molar-refractivity contribution is -0.147. The van der Waals surface area contributed by atoms with Crippen LogP contribution in [0.5, 0.6) is 0 Å². The van der Waals surface area contributed by atoms with Crippen LogP contribution >= 0.6 is 0 Å². The maximum Gasteiger partial charge on any atom is 0.328 e. The van der Waals surface area contributed by atoms with E-state index in [0.29, 0.717) is 23.4 Å². The zero-order chi connectivity index (χ0) is 27.5. The smallest absolute Gasteiger partial charge is 0.328 e. The van der Waals surface area contributed by atoms with Crippen LogP contribution in [-0.2, 0) is 16.1 Å². The molecular weight excluding hydrogens is 492 g/mol. The number of esters is 1. The Hall–Kier alpha value is -4.85. The Morgan fingerprint density at radius 2 is 1.49 bits per heavy atom. The van der Waals surface area contributed by atoms with Crippen molar-refractivity contribution in [3.8, 4) is 22.3 Å². The first-order valence-corrected chi connectivity index (χ1v) is 12.6. The lowest BCUT2D eigenvalue weighted by atomic mass is 10.00. The lowest BCUT2D eigenvalue weighted by Gasteiger charge is -2.28. The van der Waals surface area contributed by atoms with E-state index in [9.17, 15) is 14.4 Å². The minimum absolute atomic E-state index is 0.0747. The predicted octanol–water partition coefficient (Wildman–Crippen LogP) is 5.22. The largest absolute Gasteiger partial charge is 0.467 e. The van der Waals surface area contributed by atoms with Gasteiger partial charge >= 0.3 is 5.97 Å². The van der Waals surface area contributed by atoms with Crippen molar-refractivity contribution in [1.29, 1.82) is 0 Å². The van der Waals surface area contributed by atoms with Gasteiger partial charge in [0, 0.05) is 41.3 Å². The van der Waals surface area contributed by atoms with E-state index in [1.807, 2.05) is 68.4 Å². The molecular formula is C31H28N4O4. The fraction of sp³-hybridized carbons (Fsp3) is 0.194. The summed E-state index contributed by atoms with van der Waals surface area (Å²) >= 11 is 0. The molecule has 0 spiro atoms. The van der Waals surface area contributed by atoms with Crippen LogP contribution in [0.4, 0.5) is 5.69 Å². The summed E-state index contributed by atoms with van der Waals surface area (Å²) in [6.45, 7) is 4.18. The van der Waals surface area contributed by atoms with Gasteiger partial charge in [0.25, 0.3) is 11.8 Å². The highest BCUT2D eigenvalue weighted by atomic mass is 16.5. The molecule has 1 N–H and O–H groups in total. The number of anilines is 1. The summed E-state index contributed by atoms with van der Waals surface area (Å²) in [6.07, 6.45) is 4.92. The molecule has 0 saturated heterocycles. The van der Waals surface area contributed by atoms with Gasteiger partial charge in [-0.1, -0.05) is 50.2 Å².